The van der Waals surface area contributed by atoms with Crippen molar-refractivity contribution in [3.8, 4) is 0 Å². The first-order valence-corrected chi connectivity index (χ1v) is 15.4. The van der Waals surface area contributed by atoms with E-state index in [4.69, 9.17) is 4.74 Å². The number of fused-ring (bicyclic) bond motifs is 1. The van der Waals surface area contributed by atoms with Gasteiger partial charge in [0, 0.05) is 37.4 Å². The highest BCUT2D eigenvalue weighted by Gasteiger charge is 2.72. The zero-order valence-electron chi connectivity index (χ0n) is 24.0. The number of likely N-dealkylation sites (tertiary alicyclic amines) is 1. The predicted molar refractivity (Wildman–Crippen MR) is 150 cm³/mol. The van der Waals surface area contributed by atoms with E-state index in [2.05, 4.69) is 15.5 Å². The molecule has 5 unspecified atom stereocenters. The van der Waals surface area contributed by atoms with Crippen LogP contribution in [0.3, 0.4) is 0 Å². The summed E-state index contributed by atoms with van der Waals surface area (Å²) in [5.74, 6) is -3.20. The Labute approximate surface area is 248 Å². The molecule has 6 rings (SSSR count). The number of nitrogens with zero attached hydrogens (tertiary/aromatic N) is 2. The lowest BCUT2D eigenvalue weighted by Crippen LogP contribution is -2.57. The second-order valence-electron chi connectivity index (χ2n) is 12.5. The van der Waals surface area contributed by atoms with Crippen LogP contribution in [0.1, 0.15) is 56.9 Å². The number of nitrogens with one attached hydrogen (secondary N) is 2. The fourth-order valence-corrected chi connectivity index (χ4v) is 7.92. The number of anilines is 1. The molecule has 2 N–H and O–H groups in total. The number of ether oxygens (including phenoxy) is 1. The molecule has 4 fully saturated rings. The summed E-state index contributed by atoms with van der Waals surface area (Å²) in [6.07, 6.45) is 5.97. The molecule has 2 aliphatic carbocycles. The standard InChI is InChI=1S/C31H38F4N4O4/c32-15-16-38(22-7-3-4-8-22)17-18-39-26(28(41)37-20-5-1-2-6-20)30-14-13-23(43-30)24(25(30)29(39)42)27(40)36-21-11-9-19(10-12-21)31(33,34)35/h9-14,20,22-26H,1-8,15-18H2,(H,36,40)(H,37,41). The first-order valence-electron chi connectivity index (χ1n) is 15.4. The van der Waals surface area contributed by atoms with Crippen molar-refractivity contribution < 1.29 is 36.7 Å². The third-order valence-electron chi connectivity index (χ3n) is 9.95. The molecule has 0 radical (unpaired) electrons. The zero-order chi connectivity index (χ0) is 30.4. The fourth-order valence-electron chi connectivity index (χ4n) is 7.92. The van der Waals surface area contributed by atoms with E-state index in [1.807, 2.05) is 0 Å². The lowest BCUT2D eigenvalue weighted by Gasteiger charge is -2.35. The van der Waals surface area contributed by atoms with Gasteiger partial charge in [0.25, 0.3) is 0 Å². The minimum atomic E-state index is -4.51. The summed E-state index contributed by atoms with van der Waals surface area (Å²) < 4.78 is 58.9. The summed E-state index contributed by atoms with van der Waals surface area (Å²) in [5, 5.41) is 5.78. The van der Waals surface area contributed by atoms with Crippen LogP contribution in [0.5, 0.6) is 0 Å². The maximum Gasteiger partial charge on any atom is 0.416 e. The minimum absolute atomic E-state index is 0.00257. The number of carbonyl (C=O) groups excluding carboxylic acids is 3. The monoisotopic (exact) mass is 606 g/mol. The van der Waals surface area contributed by atoms with Gasteiger partial charge < -0.3 is 20.3 Å². The summed E-state index contributed by atoms with van der Waals surface area (Å²) in [4.78, 5) is 45.2. The number of alkyl halides is 4. The summed E-state index contributed by atoms with van der Waals surface area (Å²) in [7, 11) is 0. The number of halogens is 4. The molecule has 5 aliphatic rings. The van der Waals surface area contributed by atoms with Gasteiger partial charge in [-0.1, -0.05) is 37.8 Å². The van der Waals surface area contributed by atoms with Crippen LogP contribution in [0.4, 0.5) is 23.2 Å². The number of benzene rings is 1. The average Bonchev–Trinajstić information content (AvgIpc) is 3.80. The smallest absolute Gasteiger partial charge is 0.359 e. The molecule has 2 bridgehead atoms. The predicted octanol–water partition coefficient (Wildman–Crippen LogP) is 4.07. The molecule has 2 saturated heterocycles. The Morgan fingerprint density at radius 2 is 1.67 bits per heavy atom. The number of hydrogen-bond acceptors (Lipinski definition) is 5. The van der Waals surface area contributed by atoms with Crippen molar-refractivity contribution in [2.75, 3.05) is 31.6 Å². The van der Waals surface area contributed by atoms with Crippen LogP contribution in [-0.2, 0) is 25.3 Å². The lowest BCUT2D eigenvalue weighted by atomic mass is 9.74. The molecule has 3 heterocycles. The Bertz CT molecular complexity index is 1250. The first kappa shape index (κ1) is 30.1. The summed E-state index contributed by atoms with van der Waals surface area (Å²) in [6, 6.07) is 3.34. The van der Waals surface area contributed by atoms with Crippen LogP contribution in [0.15, 0.2) is 36.4 Å². The Kier molecular flexibility index (Phi) is 8.27. The Hall–Kier alpha value is -2.99. The van der Waals surface area contributed by atoms with Gasteiger partial charge in [-0.25, -0.2) is 4.39 Å². The minimum Gasteiger partial charge on any atom is -0.359 e. The van der Waals surface area contributed by atoms with E-state index in [1.54, 1.807) is 12.2 Å². The quantitative estimate of drug-likeness (QED) is 0.310. The highest BCUT2D eigenvalue weighted by molar-refractivity contribution is 6.02. The molecule has 1 spiro atoms. The van der Waals surface area contributed by atoms with Crippen molar-refractivity contribution in [2.24, 2.45) is 11.8 Å². The van der Waals surface area contributed by atoms with Crippen LogP contribution in [0.2, 0.25) is 0 Å². The Morgan fingerprint density at radius 3 is 2.33 bits per heavy atom. The van der Waals surface area contributed by atoms with Gasteiger partial charge in [-0.05, 0) is 49.9 Å². The largest absolute Gasteiger partial charge is 0.416 e. The molecule has 2 saturated carbocycles. The van der Waals surface area contributed by atoms with Gasteiger partial charge >= 0.3 is 6.18 Å². The zero-order valence-corrected chi connectivity index (χ0v) is 24.0. The van der Waals surface area contributed by atoms with Gasteiger partial charge in [-0.2, -0.15) is 13.2 Å². The van der Waals surface area contributed by atoms with Gasteiger partial charge in [0.15, 0.2) is 0 Å². The molecule has 12 heteroatoms. The van der Waals surface area contributed by atoms with Gasteiger partial charge in [0.2, 0.25) is 17.7 Å². The van der Waals surface area contributed by atoms with E-state index in [0.717, 1.165) is 63.5 Å². The molecule has 234 valence electrons. The van der Waals surface area contributed by atoms with E-state index in [0.29, 0.717) is 6.54 Å². The molecular weight excluding hydrogens is 568 g/mol. The second-order valence-corrected chi connectivity index (χ2v) is 12.5. The molecule has 43 heavy (non-hydrogen) atoms. The van der Waals surface area contributed by atoms with E-state index in [1.165, 1.54) is 17.0 Å². The third kappa shape index (κ3) is 5.56. The lowest BCUT2D eigenvalue weighted by molar-refractivity contribution is -0.141. The molecule has 3 aliphatic heterocycles. The van der Waals surface area contributed by atoms with Gasteiger partial charge in [-0.15, -0.1) is 0 Å². The van der Waals surface area contributed by atoms with Gasteiger partial charge in [0.1, 0.15) is 18.3 Å². The number of amides is 3. The number of carbonyl (C=O) groups is 3. The molecule has 3 amide bonds. The summed E-state index contributed by atoms with van der Waals surface area (Å²) in [6.45, 7) is 0.316. The van der Waals surface area contributed by atoms with E-state index < -0.39 is 53.9 Å². The summed E-state index contributed by atoms with van der Waals surface area (Å²) >= 11 is 0. The van der Waals surface area contributed by atoms with Crippen molar-refractivity contribution in [1.82, 2.24) is 15.1 Å². The molecule has 1 aromatic rings. The topological polar surface area (TPSA) is 91.0 Å². The maximum atomic E-state index is 14.2. The average molecular weight is 607 g/mol. The highest BCUT2D eigenvalue weighted by atomic mass is 19.4. The first-order chi connectivity index (χ1) is 20.6. The van der Waals surface area contributed by atoms with Gasteiger partial charge in [-0.3, -0.25) is 19.3 Å². The number of hydrogen-bond donors (Lipinski definition) is 2. The maximum absolute atomic E-state index is 14.2. The Balaban J connectivity index is 1.25. The van der Waals surface area contributed by atoms with Gasteiger partial charge in [0.05, 0.1) is 23.5 Å². The van der Waals surface area contributed by atoms with E-state index in [-0.39, 0.29) is 42.7 Å². The van der Waals surface area contributed by atoms with Crippen LogP contribution < -0.4 is 10.6 Å². The van der Waals surface area contributed by atoms with Crippen molar-refractivity contribution in [1.29, 1.82) is 0 Å². The van der Waals surface area contributed by atoms with E-state index >= 15 is 0 Å². The Morgan fingerprint density at radius 1 is 1.00 bits per heavy atom. The highest BCUT2D eigenvalue weighted by Crippen LogP contribution is 2.55. The summed E-state index contributed by atoms with van der Waals surface area (Å²) in [5.41, 5.74) is -2.02. The van der Waals surface area contributed by atoms with Crippen molar-refractivity contribution >= 4 is 23.4 Å². The molecule has 0 aromatic heterocycles. The second kappa shape index (κ2) is 11.8. The molecule has 8 nitrogen and oxygen atoms in total. The van der Waals surface area contributed by atoms with Crippen LogP contribution in [0.25, 0.3) is 0 Å². The van der Waals surface area contributed by atoms with Crippen LogP contribution >= 0.6 is 0 Å². The molecular formula is C31H38F4N4O4. The van der Waals surface area contributed by atoms with Crippen molar-refractivity contribution in [3.63, 3.8) is 0 Å². The van der Waals surface area contributed by atoms with Crippen LogP contribution in [0, 0.1) is 11.8 Å². The van der Waals surface area contributed by atoms with Crippen molar-refractivity contribution in [2.45, 2.75) is 87.4 Å². The molecule has 5 atom stereocenters. The van der Waals surface area contributed by atoms with Crippen LogP contribution in [-0.4, -0.2) is 83.7 Å². The van der Waals surface area contributed by atoms with E-state index in [9.17, 15) is 31.9 Å². The fraction of sp³-hybridized carbons (Fsp3) is 0.645. The SMILES string of the molecule is O=C(Nc1ccc(C(F)(F)F)cc1)C1C2C=CC3(O2)C1C(=O)N(CCN(CCF)C1CCCC1)C3C(=O)NC1CCCC1. The van der Waals surface area contributed by atoms with Crippen molar-refractivity contribution in [3.05, 3.63) is 42.0 Å². The molecule has 1 aromatic carbocycles. The normalized spacial score (nSPS) is 30.5. The third-order valence-corrected chi connectivity index (χ3v) is 9.95. The number of rotatable bonds is 10.